The van der Waals surface area contributed by atoms with Crippen LogP contribution in [0.3, 0.4) is 0 Å². The molecule has 0 aliphatic heterocycles. The van der Waals surface area contributed by atoms with Crippen molar-refractivity contribution in [2.24, 2.45) is 0 Å². The van der Waals surface area contributed by atoms with Crippen molar-refractivity contribution in [2.45, 2.75) is 58.7 Å². The van der Waals surface area contributed by atoms with Crippen LogP contribution in [-0.2, 0) is 6.54 Å². The summed E-state index contributed by atoms with van der Waals surface area (Å²) in [4.78, 5) is 16.8. The van der Waals surface area contributed by atoms with E-state index in [0.29, 0.717) is 18.9 Å². The fraction of sp³-hybridized carbons (Fsp3) is 0.562. The van der Waals surface area contributed by atoms with E-state index < -0.39 is 6.10 Å². The molecule has 2 aromatic rings. The average molecular weight is 304 g/mol. The molecule has 6 nitrogen and oxygen atoms in total. The predicted octanol–water partition coefficient (Wildman–Crippen LogP) is 1.94. The van der Waals surface area contributed by atoms with Crippen LogP contribution in [0.1, 0.15) is 57.3 Å². The van der Waals surface area contributed by atoms with Gasteiger partial charge in [0.15, 0.2) is 0 Å². The van der Waals surface area contributed by atoms with Crippen LogP contribution in [-0.4, -0.2) is 30.5 Å². The molecule has 0 spiro atoms. The molecule has 6 heteroatoms. The third-order valence-corrected chi connectivity index (χ3v) is 3.89. The molecule has 0 radical (unpaired) electrons. The molecule has 0 unspecified atom stereocenters. The van der Waals surface area contributed by atoms with Gasteiger partial charge in [0.25, 0.3) is 0 Å². The molecule has 2 aromatic heterocycles. The molecule has 2 atom stereocenters. The maximum Gasteiger partial charge on any atom is 0.346 e. The first-order valence-corrected chi connectivity index (χ1v) is 7.70. The standard InChI is InChI=1S/C16H24N4O2/c1-5-15(12(4)21)20-16(22)19(10-18-20)9-14-7-6-13(8-17-14)11(2)3/h6-8,10-12,15,21H,5,9H2,1-4H3/t12-,15+/m1/s1. The number of pyridine rings is 1. The van der Waals surface area contributed by atoms with Crippen LogP contribution < -0.4 is 5.69 Å². The van der Waals surface area contributed by atoms with Crippen LogP contribution >= 0.6 is 0 Å². The summed E-state index contributed by atoms with van der Waals surface area (Å²) in [6.07, 6.45) is 3.39. The monoisotopic (exact) mass is 304 g/mol. The van der Waals surface area contributed by atoms with Gasteiger partial charge in [0.05, 0.1) is 24.4 Å². The van der Waals surface area contributed by atoms with E-state index in [-0.39, 0.29) is 11.7 Å². The highest BCUT2D eigenvalue weighted by molar-refractivity contribution is 5.17. The van der Waals surface area contributed by atoms with Gasteiger partial charge in [0.1, 0.15) is 6.33 Å². The lowest BCUT2D eigenvalue weighted by Gasteiger charge is -2.16. The lowest BCUT2D eigenvalue weighted by molar-refractivity contribution is 0.118. The van der Waals surface area contributed by atoms with E-state index in [1.165, 1.54) is 21.1 Å². The van der Waals surface area contributed by atoms with Gasteiger partial charge in [0, 0.05) is 6.20 Å². The minimum Gasteiger partial charge on any atom is -0.391 e. The minimum atomic E-state index is -0.616. The summed E-state index contributed by atoms with van der Waals surface area (Å²) in [6, 6.07) is 3.67. The van der Waals surface area contributed by atoms with Crippen molar-refractivity contribution in [2.75, 3.05) is 0 Å². The van der Waals surface area contributed by atoms with Gasteiger partial charge < -0.3 is 5.11 Å². The molecule has 0 saturated carbocycles. The number of hydrogen-bond acceptors (Lipinski definition) is 4. The number of rotatable bonds is 6. The zero-order valence-corrected chi connectivity index (χ0v) is 13.6. The molecule has 0 amide bonds. The van der Waals surface area contributed by atoms with Crippen molar-refractivity contribution >= 4 is 0 Å². The van der Waals surface area contributed by atoms with Crippen LogP contribution in [0.15, 0.2) is 29.5 Å². The maximum atomic E-state index is 12.4. The summed E-state index contributed by atoms with van der Waals surface area (Å²) in [7, 11) is 0. The molecule has 2 heterocycles. The van der Waals surface area contributed by atoms with Crippen molar-refractivity contribution in [3.8, 4) is 0 Å². The van der Waals surface area contributed by atoms with Crippen molar-refractivity contribution in [1.29, 1.82) is 0 Å². The summed E-state index contributed by atoms with van der Waals surface area (Å²) in [5.41, 5.74) is 1.77. The molecule has 0 aliphatic carbocycles. The Morgan fingerprint density at radius 2 is 2.00 bits per heavy atom. The minimum absolute atomic E-state index is 0.220. The fourth-order valence-electron chi connectivity index (χ4n) is 2.45. The van der Waals surface area contributed by atoms with Gasteiger partial charge in [-0.2, -0.15) is 5.10 Å². The Kier molecular flexibility index (Phi) is 5.13. The molecule has 0 aromatic carbocycles. The summed E-state index contributed by atoms with van der Waals surface area (Å²) in [6.45, 7) is 8.21. The number of nitrogens with zero attached hydrogens (tertiary/aromatic N) is 4. The normalized spacial score (nSPS) is 14.3. The molecule has 2 rings (SSSR count). The second kappa shape index (κ2) is 6.87. The lowest BCUT2D eigenvalue weighted by atomic mass is 10.1. The van der Waals surface area contributed by atoms with Crippen LogP contribution in [0.4, 0.5) is 0 Å². The fourth-order valence-corrected chi connectivity index (χ4v) is 2.45. The van der Waals surface area contributed by atoms with E-state index in [1.54, 1.807) is 6.92 Å². The zero-order chi connectivity index (χ0) is 16.3. The van der Waals surface area contributed by atoms with Gasteiger partial charge in [-0.25, -0.2) is 9.48 Å². The number of aliphatic hydroxyl groups is 1. The third kappa shape index (κ3) is 3.44. The Hall–Kier alpha value is -1.95. The van der Waals surface area contributed by atoms with Gasteiger partial charge in [-0.3, -0.25) is 9.55 Å². The second-order valence-electron chi connectivity index (χ2n) is 5.94. The first-order chi connectivity index (χ1) is 10.4. The van der Waals surface area contributed by atoms with Gasteiger partial charge in [0.2, 0.25) is 0 Å². The molecule has 1 N–H and O–H groups in total. The van der Waals surface area contributed by atoms with Crippen LogP contribution in [0.5, 0.6) is 0 Å². The first-order valence-electron chi connectivity index (χ1n) is 7.70. The van der Waals surface area contributed by atoms with E-state index in [1.807, 2.05) is 25.3 Å². The number of hydrogen-bond donors (Lipinski definition) is 1. The molecule has 22 heavy (non-hydrogen) atoms. The Balaban J connectivity index is 2.21. The SMILES string of the molecule is CC[C@@H]([C@@H](C)O)n1ncn(Cc2ccc(C(C)C)cn2)c1=O. The highest BCUT2D eigenvalue weighted by Gasteiger charge is 2.19. The summed E-state index contributed by atoms with van der Waals surface area (Å²) in [5.74, 6) is 0.434. The summed E-state index contributed by atoms with van der Waals surface area (Å²) >= 11 is 0. The number of aliphatic hydroxyl groups excluding tert-OH is 1. The first kappa shape index (κ1) is 16.4. The zero-order valence-electron chi connectivity index (χ0n) is 13.6. The number of aromatic nitrogens is 4. The molecule has 120 valence electrons. The van der Waals surface area contributed by atoms with E-state index in [0.717, 1.165) is 5.69 Å². The van der Waals surface area contributed by atoms with E-state index in [9.17, 15) is 9.90 Å². The van der Waals surface area contributed by atoms with Gasteiger partial charge in [-0.05, 0) is 30.9 Å². The van der Waals surface area contributed by atoms with Crippen molar-refractivity contribution in [3.63, 3.8) is 0 Å². The molecule has 0 saturated heterocycles. The van der Waals surface area contributed by atoms with Crippen molar-refractivity contribution in [3.05, 3.63) is 46.4 Å². The van der Waals surface area contributed by atoms with E-state index >= 15 is 0 Å². The molecule has 0 fully saturated rings. The Labute approximate surface area is 130 Å². The van der Waals surface area contributed by atoms with E-state index in [4.69, 9.17) is 0 Å². The third-order valence-electron chi connectivity index (χ3n) is 3.89. The highest BCUT2D eigenvalue weighted by Crippen LogP contribution is 2.14. The quantitative estimate of drug-likeness (QED) is 0.885. The summed E-state index contributed by atoms with van der Waals surface area (Å²) < 4.78 is 2.87. The van der Waals surface area contributed by atoms with Crippen LogP contribution in [0.25, 0.3) is 0 Å². The smallest absolute Gasteiger partial charge is 0.346 e. The molecular weight excluding hydrogens is 280 g/mol. The van der Waals surface area contributed by atoms with Gasteiger partial charge >= 0.3 is 5.69 Å². The largest absolute Gasteiger partial charge is 0.391 e. The topological polar surface area (TPSA) is 72.9 Å². The summed E-state index contributed by atoms with van der Waals surface area (Å²) in [5, 5.41) is 13.9. The molecule has 0 aliphatic rings. The lowest BCUT2D eigenvalue weighted by Crippen LogP contribution is -2.33. The molecule has 0 bridgehead atoms. The van der Waals surface area contributed by atoms with Crippen LogP contribution in [0.2, 0.25) is 0 Å². The highest BCUT2D eigenvalue weighted by atomic mass is 16.3. The molecular formula is C16H24N4O2. The van der Waals surface area contributed by atoms with Crippen LogP contribution in [0, 0.1) is 0 Å². The maximum absolute atomic E-state index is 12.4. The average Bonchev–Trinajstić information content (AvgIpc) is 2.82. The van der Waals surface area contributed by atoms with Gasteiger partial charge in [-0.15, -0.1) is 0 Å². The Morgan fingerprint density at radius 1 is 1.27 bits per heavy atom. The van der Waals surface area contributed by atoms with Gasteiger partial charge in [-0.1, -0.05) is 26.8 Å². The predicted molar refractivity (Wildman–Crippen MR) is 84.9 cm³/mol. The van der Waals surface area contributed by atoms with Crippen molar-refractivity contribution < 1.29 is 5.11 Å². The van der Waals surface area contributed by atoms with E-state index in [2.05, 4.69) is 23.9 Å². The van der Waals surface area contributed by atoms with Crippen molar-refractivity contribution in [1.82, 2.24) is 19.3 Å². The Morgan fingerprint density at radius 3 is 2.50 bits per heavy atom. The Bertz CT molecular complexity index is 656. The second-order valence-corrected chi connectivity index (χ2v) is 5.94.